The smallest absolute Gasteiger partial charge is 0.227 e. The molecule has 0 bridgehead atoms. The molecule has 1 aromatic heterocycles. The Kier molecular flexibility index (Phi) is 5.69. The number of halogens is 2. The number of aromatic nitrogens is 1. The maximum absolute atomic E-state index is 9.03. The first kappa shape index (κ1) is 18.5. The zero-order valence-electron chi connectivity index (χ0n) is 13.8. The Morgan fingerprint density at radius 3 is 2.38 bits per heavy atom. The largest absolute Gasteiger partial charge is 1.00 e. The van der Waals surface area contributed by atoms with Gasteiger partial charge in [0, 0.05) is 21.5 Å². The summed E-state index contributed by atoms with van der Waals surface area (Å²) >= 11 is 3.76. The van der Waals surface area contributed by atoms with Crippen LogP contribution in [0.2, 0.25) is 0 Å². The van der Waals surface area contributed by atoms with Gasteiger partial charge in [0.25, 0.3) is 0 Å². The van der Waals surface area contributed by atoms with E-state index in [1.165, 1.54) is 22.6 Å². The summed E-state index contributed by atoms with van der Waals surface area (Å²) < 4.78 is 3.19. The molecule has 130 valence electrons. The molecule has 0 fully saturated rings. The Morgan fingerprint density at radius 2 is 1.62 bits per heavy atom. The molecule has 0 spiro atoms. The highest BCUT2D eigenvalue weighted by atomic mass is 79.9. The van der Waals surface area contributed by atoms with Gasteiger partial charge >= 0.3 is 0 Å². The number of pyridine rings is 1. The Hall–Kier alpha value is -2.24. The third-order valence-corrected chi connectivity index (χ3v) is 5.34. The van der Waals surface area contributed by atoms with E-state index in [2.05, 4.69) is 68.2 Å². The third-order valence-electron chi connectivity index (χ3n) is 4.40. The van der Waals surface area contributed by atoms with Gasteiger partial charge in [-0.1, -0.05) is 59.8 Å². The van der Waals surface area contributed by atoms with E-state index in [9.17, 15) is 0 Å². The highest BCUT2D eigenvalue weighted by molar-refractivity contribution is 9.10. The zero-order chi connectivity index (χ0) is 17.2. The summed E-state index contributed by atoms with van der Waals surface area (Å²) in [7, 11) is 0. The van der Waals surface area contributed by atoms with Crippen LogP contribution in [0.1, 0.15) is 11.3 Å². The number of rotatable bonds is 3. The molecule has 0 radical (unpaired) electrons. The van der Waals surface area contributed by atoms with E-state index < -0.39 is 0 Å². The Labute approximate surface area is 170 Å². The lowest BCUT2D eigenvalue weighted by molar-refractivity contribution is -0.687. The Balaban J connectivity index is 0.00000196. The van der Waals surface area contributed by atoms with Crippen molar-refractivity contribution in [1.29, 1.82) is 0 Å². The summed E-state index contributed by atoms with van der Waals surface area (Å²) in [6, 6.07) is 22.8. The molecule has 1 heterocycles. The number of hydrogen-bond acceptors (Lipinski definition) is 2. The van der Waals surface area contributed by atoms with Crippen LogP contribution in [0, 0.1) is 0 Å². The van der Waals surface area contributed by atoms with Crippen molar-refractivity contribution < 1.29 is 26.8 Å². The maximum atomic E-state index is 9.03. The van der Waals surface area contributed by atoms with E-state index in [0.717, 1.165) is 20.9 Å². The summed E-state index contributed by atoms with van der Waals surface area (Å²) in [6.45, 7) is 0.678. The maximum Gasteiger partial charge on any atom is 0.227 e. The van der Waals surface area contributed by atoms with Gasteiger partial charge in [0.2, 0.25) is 5.69 Å². The second-order valence-electron chi connectivity index (χ2n) is 5.96. The second-order valence-corrected chi connectivity index (χ2v) is 6.75. The first-order valence-electron chi connectivity index (χ1n) is 8.02. The van der Waals surface area contributed by atoms with Crippen LogP contribution >= 0.6 is 15.9 Å². The predicted octanol–water partition coefficient (Wildman–Crippen LogP) is 1.90. The van der Waals surface area contributed by atoms with Crippen molar-refractivity contribution in [3.8, 4) is 0 Å². The van der Waals surface area contributed by atoms with Crippen LogP contribution < -0.4 is 21.5 Å². The van der Waals surface area contributed by atoms with Crippen LogP contribution in [0.3, 0.4) is 0 Å². The minimum atomic E-state index is 0. The highest BCUT2D eigenvalue weighted by Crippen LogP contribution is 2.27. The van der Waals surface area contributed by atoms with Crippen molar-refractivity contribution in [3.05, 3.63) is 88.7 Å². The molecule has 0 atom stereocenters. The van der Waals surface area contributed by atoms with Crippen molar-refractivity contribution in [2.24, 2.45) is 5.16 Å². The van der Waals surface area contributed by atoms with Crippen LogP contribution in [0.15, 0.2) is 82.6 Å². The van der Waals surface area contributed by atoms with Crippen LogP contribution in [-0.4, -0.2) is 11.4 Å². The highest BCUT2D eigenvalue weighted by Gasteiger charge is 2.15. The molecule has 0 amide bonds. The van der Waals surface area contributed by atoms with E-state index >= 15 is 0 Å². The lowest BCUT2D eigenvalue weighted by Gasteiger charge is -2.08. The predicted molar refractivity (Wildman–Crippen MR) is 104 cm³/mol. The molecule has 0 unspecified atom stereocenters. The molecule has 4 aromatic rings. The minimum Gasteiger partial charge on any atom is -1.00 e. The normalized spacial score (nSPS) is 11.1. The molecule has 4 rings (SSSR count). The summed E-state index contributed by atoms with van der Waals surface area (Å²) in [4.78, 5) is 0. The monoisotopic (exact) mass is 470 g/mol. The second kappa shape index (κ2) is 7.98. The SMILES string of the molecule is O/N=C\c1cc2ccccc2c[n+]1Cc1ccc2ccccc2c1Br.[Br-]. The van der Waals surface area contributed by atoms with Crippen LogP contribution in [0.4, 0.5) is 0 Å². The number of hydrogen-bond donors (Lipinski definition) is 1. The molecule has 5 heteroatoms. The van der Waals surface area contributed by atoms with Crippen LogP contribution in [-0.2, 0) is 6.54 Å². The van der Waals surface area contributed by atoms with Gasteiger partial charge in [-0.05, 0) is 38.2 Å². The topological polar surface area (TPSA) is 36.5 Å². The minimum absolute atomic E-state index is 0. The fourth-order valence-corrected chi connectivity index (χ4v) is 3.76. The van der Waals surface area contributed by atoms with Crippen molar-refractivity contribution in [1.82, 2.24) is 0 Å². The van der Waals surface area contributed by atoms with E-state index in [1.807, 2.05) is 30.3 Å². The van der Waals surface area contributed by atoms with Crippen molar-refractivity contribution >= 4 is 43.7 Å². The van der Waals surface area contributed by atoms with Crippen LogP contribution in [0.5, 0.6) is 0 Å². The van der Waals surface area contributed by atoms with Gasteiger partial charge < -0.3 is 22.2 Å². The Bertz CT molecular complexity index is 1110. The van der Waals surface area contributed by atoms with Gasteiger partial charge in [-0.3, -0.25) is 0 Å². The molecule has 3 aromatic carbocycles. The molecule has 0 saturated carbocycles. The van der Waals surface area contributed by atoms with E-state index in [4.69, 9.17) is 5.21 Å². The van der Waals surface area contributed by atoms with Gasteiger partial charge in [-0.2, -0.15) is 4.57 Å². The lowest BCUT2D eigenvalue weighted by Crippen LogP contribution is -3.00. The van der Waals surface area contributed by atoms with Gasteiger partial charge in [-0.15, -0.1) is 0 Å². The van der Waals surface area contributed by atoms with Gasteiger partial charge in [0.05, 0.1) is 0 Å². The molecule has 0 aliphatic rings. The average Bonchev–Trinajstić information content (AvgIpc) is 2.65. The summed E-state index contributed by atoms with van der Waals surface area (Å²) in [5.74, 6) is 0. The zero-order valence-corrected chi connectivity index (χ0v) is 17.0. The molecular formula is C21H16Br2N2O. The average molecular weight is 472 g/mol. The fourth-order valence-electron chi connectivity index (χ4n) is 3.14. The summed E-state index contributed by atoms with van der Waals surface area (Å²) in [5.41, 5.74) is 2.02. The fraction of sp³-hybridized carbons (Fsp3) is 0.0476. The van der Waals surface area contributed by atoms with Gasteiger partial charge in [0.1, 0.15) is 6.21 Å². The van der Waals surface area contributed by atoms with E-state index in [0.29, 0.717) is 6.54 Å². The summed E-state index contributed by atoms with van der Waals surface area (Å²) in [6.07, 6.45) is 3.56. The molecule has 0 saturated heterocycles. The first-order valence-corrected chi connectivity index (χ1v) is 8.81. The molecule has 0 aliphatic carbocycles. The number of benzene rings is 3. The number of oxime groups is 1. The molecule has 0 aliphatic heterocycles. The third kappa shape index (κ3) is 3.50. The van der Waals surface area contributed by atoms with Gasteiger partial charge in [0.15, 0.2) is 12.7 Å². The molecule has 1 N–H and O–H groups in total. The molecule has 3 nitrogen and oxygen atoms in total. The quantitative estimate of drug-likeness (QED) is 0.211. The first-order chi connectivity index (χ1) is 12.3. The van der Waals surface area contributed by atoms with E-state index in [1.54, 1.807) is 0 Å². The van der Waals surface area contributed by atoms with Crippen molar-refractivity contribution in [2.75, 3.05) is 0 Å². The molecular weight excluding hydrogens is 456 g/mol. The van der Waals surface area contributed by atoms with Crippen LogP contribution in [0.25, 0.3) is 21.5 Å². The number of fused-ring (bicyclic) bond motifs is 2. The standard InChI is InChI=1S/C21H15BrN2O.BrH/c22-21-18(10-9-15-5-3-4-8-20(15)21)14-24-13-17-7-2-1-6-16(17)11-19(24)12-23-25;/h1-13H,14H2;1H. The van der Waals surface area contributed by atoms with Crippen molar-refractivity contribution in [3.63, 3.8) is 0 Å². The number of nitrogens with zero attached hydrogens (tertiary/aromatic N) is 2. The van der Waals surface area contributed by atoms with E-state index in [-0.39, 0.29) is 17.0 Å². The summed E-state index contributed by atoms with van der Waals surface area (Å²) in [5, 5.41) is 16.9. The lowest BCUT2D eigenvalue weighted by atomic mass is 10.1. The van der Waals surface area contributed by atoms with Crippen molar-refractivity contribution in [2.45, 2.75) is 6.54 Å². The Morgan fingerprint density at radius 1 is 0.923 bits per heavy atom. The molecule has 26 heavy (non-hydrogen) atoms. The van der Waals surface area contributed by atoms with Gasteiger partial charge in [-0.25, -0.2) is 0 Å².